The van der Waals surface area contributed by atoms with Crippen molar-refractivity contribution in [1.29, 1.82) is 0 Å². The van der Waals surface area contributed by atoms with Crippen molar-refractivity contribution in [3.63, 3.8) is 0 Å². The fourth-order valence-corrected chi connectivity index (χ4v) is 2.64. The second-order valence-electron chi connectivity index (χ2n) is 6.30. The van der Waals surface area contributed by atoms with E-state index in [0.29, 0.717) is 12.5 Å². The van der Waals surface area contributed by atoms with Crippen molar-refractivity contribution < 1.29 is 14.6 Å². The van der Waals surface area contributed by atoms with Gasteiger partial charge in [-0.2, -0.15) is 0 Å². The Morgan fingerprint density at radius 1 is 1.45 bits per heavy atom. The highest BCUT2D eigenvalue weighted by atomic mass is 16.5. The predicted octanol–water partition coefficient (Wildman–Crippen LogP) is 1.72. The van der Waals surface area contributed by atoms with E-state index in [2.05, 4.69) is 10.2 Å². The van der Waals surface area contributed by atoms with E-state index in [9.17, 15) is 9.90 Å². The third-order valence-corrected chi connectivity index (χ3v) is 3.85. The van der Waals surface area contributed by atoms with Gasteiger partial charge in [0, 0.05) is 25.7 Å². The van der Waals surface area contributed by atoms with Crippen LogP contribution in [0.3, 0.4) is 0 Å². The van der Waals surface area contributed by atoms with Crippen molar-refractivity contribution in [1.82, 2.24) is 10.2 Å². The standard InChI is InChI=1S/C15H30N2O3/c1-12(2)16-15(3,14(18)19)8-5-9-17(10-11-20-4)13-6-7-13/h12-13,16H,5-11H2,1-4H3,(H,18,19). The summed E-state index contributed by atoms with van der Waals surface area (Å²) in [6, 6.07) is 0.864. The van der Waals surface area contributed by atoms with Crippen molar-refractivity contribution in [2.24, 2.45) is 0 Å². The van der Waals surface area contributed by atoms with E-state index in [1.54, 1.807) is 14.0 Å². The van der Waals surface area contributed by atoms with Gasteiger partial charge >= 0.3 is 5.97 Å². The summed E-state index contributed by atoms with van der Waals surface area (Å²) in [7, 11) is 1.72. The van der Waals surface area contributed by atoms with E-state index >= 15 is 0 Å². The molecule has 0 aromatic rings. The number of ether oxygens (including phenoxy) is 1. The Morgan fingerprint density at radius 2 is 2.10 bits per heavy atom. The molecule has 2 N–H and O–H groups in total. The molecule has 0 spiro atoms. The van der Waals surface area contributed by atoms with Crippen LogP contribution in [0.25, 0.3) is 0 Å². The van der Waals surface area contributed by atoms with Crippen LogP contribution in [0.1, 0.15) is 46.5 Å². The summed E-state index contributed by atoms with van der Waals surface area (Å²) >= 11 is 0. The molecule has 20 heavy (non-hydrogen) atoms. The lowest BCUT2D eigenvalue weighted by Crippen LogP contribution is -2.52. The second kappa shape index (κ2) is 7.96. The van der Waals surface area contributed by atoms with Gasteiger partial charge in [-0.1, -0.05) is 0 Å². The van der Waals surface area contributed by atoms with E-state index in [4.69, 9.17) is 4.74 Å². The Labute approximate surface area is 122 Å². The molecule has 0 aromatic carbocycles. The Hall–Kier alpha value is -0.650. The van der Waals surface area contributed by atoms with Crippen molar-refractivity contribution in [3.05, 3.63) is 0 Å². The summed E-state index contributed by atoms with van der Waals surface area (Å²) < 4.78 is 5.14. The molecule has 1 aliphatic rings. The van der Waals surface area contributed by atoms with Gasteiger partial charge in [0.05, 0.1) is 6.61 Å². The van der Waals surface area contributed by atoms with E-state index in [1.165, 1.54) is 12.8 Å². The monoisotopic (exact) mass is 286 g/mol. The van der Waals surface area contributed by atoms with E-state index in [-0.39, 0.29) is 6.04 Å². The van der Waals surface area contributed by atoms with Gasteiger partial charge in [0.2, 0.25) is 0 Å². The molecule has 1 aliphatic carbocycles. The van der Waals surface area contributed by atoms with Gasteiger partial charge in [-0.05, 0) is 53.0 Å². The van der Waals surface area contributed by atoms with Crippen LogP contribution in [0.15, 0.2) is 0 Å². The Morgan fingerprint density at radius 3 is 2.55 bits per heavy atom. The zero-order valence-electron chi connectivity index (χ0n) is 13.3. The molecule has 1 rings (SSSR count). The molecule has 0 aromatic heterocycles. The van der Waals surface area contributed by atoms with E-state index in [0.717, 1.165) is 26.1 Å². The minimum Gasteiger partial charge on any atom is -0.480 e. The Balaban J connectivity index is 2.40. The van der Waals surface area contributed by atoms with E-state index < -0.39 is 11.5 Å². The van der Waals surface area contributed by atoms with Crippen LogP contribution in [-0.2, 0) is 9.53 Å². The zero-order valence-corrected chi connectivity index (χ0v) is 13.3. The fraction of sp³-hybridized carbons (Fsp3) is 0.933. The smallest absolute Gasteiger partial charge is 0.323 e. The minimum absolute atomic E-state index is 0.170. The van der Waals surface area contributed by atoms with Crippen LogP contribution in [0, 0.1) is 0 Å². The second-order valence-corrected chi connectivity index (χ2v) is 6.30. The molecule has 0 heterocycles. The molecule has 118 valence electrons. The molecule has 0 amide bonds. The number of carboxylic acids is 1. The number of aliphatic carboxylic acids is 1. The van der Waals surface area contributed by atoms with Gasteiger partial charge in [0.25, 0.3) is 0 Å². The van der Waals surface area contributed by atoms with Crippen molar-refractivity contribution >= 4 is 5.97 Å². The summed E-state index contributed by atoms with van der Waals surface area (Å²) in [5.74, 6) is -0.763. The number of nitrogens with one attached hydrogen (secondary N) is 1. The maximum atomic E-state index is 11.5. The molecule has 5 heteroatoms. The number of carboxylic acid groups (broad SMARTS) is 1. The van der Waals surface area contributed by atoms with Gasteiger partial charge in [-0.15, -0.1) is 0 Å². The van der Waals surface area contributed by atoms with E-state index in [1.807, 2.05) is 13.8 Å². The molecule has 0 bridgehead atoms. The summed E-state index contributed by atoms with van der Waals surface area (Å²) in [5, 5.41) is 12.6. The van der Waals surface area contributed by atoms with Crippen LogP contribution in [0.2, 0.25) is 0 Å². The first-order valence-electron chi connectivity index (χ1n) is 7.63. The van der Waals surface area contributed by atoms with Gasteiger partial charge in [0.1, 0.15) is 5.54 Å². The Kier molecular flexibility index (Phi) is 6.92. The average molecular weight is 286 g/mol. The maximum absolute atomic E-state index is 11.5. The molecular formula is C15H30N2O3. The minimum atomic E-state index is -0.829. The number of nitrogens with zero attached hydrogens (tertiary/aromatic N) is 1. The number of methoxy groups -OCH3 is 1. The highest BCUT2D eigenvalue weighted by molar-refractivity contribution is 5.78. The molecule has 0 radical (unpaired) electrons. The first-order chi connectivity index (χ1) is 9.39. The topological polar surface area (TPSA) is 61.8 Å². The summed E-state index contributed by atoms with van der Waals surface area (Å²) in [5.41, 5.74) is -0.829. The van der Waals surface area contributed by atoms with Gasteiger partial charge in [-0.25, -0.2) is 0 Å². The lowest BCUT2D eigenvalue weighted by molar-refractivity contribution is -0.144. The first-order valence-corrected chi connectivity index (χ1v) is 7.63. The molecule has 0 saturated heterocycles. The number of carbonyl (C=O) groups is 1. The van der Waals surface area contributed by atoms with Crippen LogP contribution in [-0.4, -0.2) is 60.4 Å². The summed E-state index contributed by atoms with van der Waals surface area (Å²) in [6.07, 6.45) is 4.08. The van der Waals surface area contributed by atoms with Gasteiger partial charge < -0.3 is 9.84 Å². The maximum Gasteiger partial charge on any atom is 0.323 e. The molecular weight excluding hydrogens is 256 g/mol. The van der Waals surface area contributed by atoms with Crippen molar-refractivity contribution in [2.75, 3.05) is 26.8 Å². The molecule has 0 aliphatic heterocycles. The highest BCUT2D eigenvalue weighted by Crippen LogP contribution is 2.27. The third-order valence-electron chi connectivity index (χ3n) is 3.85. The molecule has 5 nitrogen and oxygen atoms in total. The quantitative estimate of drug-likeness (QED) is 0.605. The molecule has 1 fully saturated rings. The van der Waals surface area contributed by atoms with Gasteiger partial charge in [-0.3, -0.25) is 15.0 Å². The lowest BCUT2D eigenvalue weighted by Gasteiger charge is -2.30. The van der Waals surface area contributed by atoms with Crippen LogP contribution >= 0.6 is 0 Å². The average Bonchev–Trinajstić information content (AvgIpc) is 3.16. The number of hydrogen-bond donors (Lipinski definition) is 2. The molecule has 1 saturated carbocycles. The number of rotatable bonds is 11. The molecule has 1 atom stereocenters. The fourth-order valence-electron chi connectivity index (χ4n) is 2.64. The normalized spacial score (nSPS) is 18.5. The molecule has 1 unspecified atom stereocenters. The zero-order chi connectivity index (χ0) is 15.2. The lowest BCUT2D eigenvalue weighted by atomic mass is 9.94. The largest absolute Gasteiger partial charge is 0.480 e. The highest BCUT2D eigenvalue weighted by Gasteiger charge is 2.34. The Bertz CT molecular complexity index is 305. The number of hydrogen-bond acceptors (Lipinski definition) is 4. The predicted molar refractivity (Wildman–Crippen MR) is 80.0 cm³/mol. The first kappa shape index (κ1) is 17.4. The van der Waals surface area contributed by atoms with Crippen molar-refractivity contribution in [2.45, 2.75) is 64.1 Å². The van der Waals surface area contributed by atoms with Crippen molar-refractivity contribution in [3.8, 4) is 0 Å². The third kappa shape index (κ3) is 5.77. The van der Waals surface area contributed by atoms with Gasteiger partial charge in [0.15, 0.2) is 0 Å². The van der Waals surface area contributed by atoms with Crippen LogP contribution < -0.4 is 5.32 Å². The van der Waals surface area contributed by atoms with Crippen LogP contribution in [0.4, 0.5) is 0 Å². The SMILES string of the molecule is COCCN(CCCC(C)(NC(C)C)C(=O)O)C1CC1. The summed E-state index contributed by atoms with van der Waals surface area (Å²) in [4.78, 5) is 13.9. The summed E-state index contributed by atoms with van der Waals surface area (Å²) in [6.45, 7) is 8.40. The van der Waals surface area contributed by atoms with Crippen LogP contribution in [0.5, 0.6) is 0 Å².